The number of aryl methyl sites for hydroxylation is 1. The van der Waals surface area contributed by atoms with Crippen LogP contribution in [0.5, 0.6) is 5.75 Å². The quantitative estimate of drug-likeness (QED) is 0.373. The number of sulfonamides is 1. The van der Waals surface area contributed by atoms with Crippen molar-refractivity contribution in [3.8, 4) is 5.75 Å². The van der Waals surface area contributed by atoms with Crippen LogP contribution in [0.15, 0.2) is 47.4 Å². The zero-order chi connectivity index (χ0) is 22.5. The Morgan fingerprint density at radius 1 is 1.17 bits per heavy atom. The molecular weight excluding hydrogens is 428 g/mol. The second kappa shape index (κ2) is 10.6. The molecule has 2 atom stereocenters. The van der Waals surface area contributed by atoms with Gasteiger partial charge in [-0.2, -0.15) is 4.31 Å². The topological polar surface area (TPSA) is 113 Å². The summed E-state index contributed by atoms with van der Waals surface area (Å²) in [6, 6.07) is 11.3. The van der Waals surface area contributed by atoms with E-state index in [4.69, 9.17) is 17.3 Å². The Morgan fingerprint density at radius 2 is 1.80 bits per heavy atom. The summed E-state index contributed by atoms with van der Waals surface area (Å²) in [7, 11) is -4.03. The van der Waals surface area contributed by atoms with E-state index in [0.29, 0.717) is 12.0 Å². The molecule has 0 bridgehead atoms. The summed E-state index contributed by atoms with van der Waals surface area (Å²) in [5, 5.41) is 19.2. The minimum absolute atomic E-state index is 0.00135. The van der Waals surface area contributed by atoms with E-state index in [0.717, 1.165) is 5.56 Å². The van der Waals surface area contributed by atoms with E-state index in [1.165, 1.54) is 16.4 Å². The maximum atomic E-state index is 13.4. The van der Waals surface area contributed by atoms with Crippen LogP contribution in [-0.2, 0) is 21.3 Å². The highest BCUT2D eigenvalue weighted by Crippen LogP contribution is 2.31. The SMILES string of the molecule is Cc1cc(S(=O)(=O)N(CC(C)C)C[C@@H](OO)[C@@H](N)Cc2ccccc2)c(Cl)cc1O. The summed E-state index contributed by atoms with van der Waals surface area (Å²) in [5.74, 6) is -0.0859. The molecule has 2 aromatic rings. The molecule has 9 heteroatoms. The van der Waals surface area contributed by atoms with Gasteiger partial charge in [0.15, 0.2) is 0 Å². The van der Waals surface area contributed by atoms with Crippen LogP contribution in [0, 0.1) is 12.8 Å². The van der Waals surface area contributed by atoms with Gasteiger partial charge in [-0.05, 0) is 36.5 Å². The van der Waals surface area contributed by atoms with Gasteiger partial charge in [0.25, 0.3) is 0 Å². The molecule has 7 nitrogen and oxygen atoms in total. The van der Waals surface area contributed by atoms with Crippen LogP contribution in [0.4, 0.5) is 0 Å². The Bertz CT molecular complexity index is 938. The zero-order valence-corrected chi connectivity index (χ0v) is 18.9. The standard InChI is InChI=1S/C21H29ClN2O5S/c1-14(2)12-24(30(27,28)21-9-15(3)19(25)11-17(21)22)13-20(29-26)18(23)10-16-7-5-4-6-8-16/h4-9,11,14,18,20,25-26H,10,12-13,23H2,1-3H3/t18-,20+/m0/s1. The van der Waals surface area contributed by atoms with Crippen molar-refractivity contribution < 1.29 is 23.7 Å². The van der Waals surface area contributed by atoms with E-state index in [1.807, 2.05) is 44.2 Å². The number of hydrogen-bond acceptors (Lipinski definition) is 6. The van der Waals surface area contributed by atoms with Crippen molar-refractivity contribution in [2.45, 2.75) is 44.2 Å². The largest absolute Gasteiger partial charge is 0.508 e. The second-order valence-electron chi connectivity index (χ2n) is 7.78. The first-order valence-corrected chi connectivity index (χ1v) is 11.5. The normalized spacial score (nSPS) is 14.3. The minimum Gasteiger partial charge on any atom is -0.508 e. The summed E-state index contributed by atoms with van der Waals surface area (Å²) in [6.07, 6.45) is -0.545. The Hall–Kier alpha value is -1.68. The number of nitrogens with two attached hydrogens (primary N) is 1. The number of aromatic hydroxyl groups is 1. The molecule has 4 N–H and O–H groups in total. The number of hydrogen-bond donors (Lipinski definition) is 3. The van der Waals surface area contributed by atoms with Crippen LogP contribution >= 0.6 is 11.6 Å². The van der Waals surface area contributed by atoms with Gasteiger partial charge in [-0.15, -0.1) is 0 Å². The minimum atomic E-state index is -4.03. The van der Waals surface area contributed by atoms with Crippen molar-refractivity contribution in [3.05, 3.63) is 58.6 Å². The van der Waals surface area contributed by atoms with Gasteiger partial charge in [-0.1, -0.05) is 55.8 Å². The van der Waals surface area contributed by atoms with Crippen LogP contribution in [0.25, 0.3) is 0 Å². The van der Waals surface area contributed by atoms with Gasteiger partial charge < -0.3 is 10.8 Å². The number of rotatable bonds is 10. The molecule has 0 aliphatic heterocycles. The molecule has 0 amide bonds. The smallest absolute Gasteiger partial charge is 0.244 e. The van der Waals surface area contributed by atoms with Crippen LogP contribution in [-0.4, -0.2) is 48.3 Å². The van der Waals surface area contributed by atoms with Gasteiger partial charge in [0.1, 0.15) is 16.7 Å². The van der Waals surface area contributed by atoms with Crippen LogP contribution in [0.3, 0.4) is 0 Å². The highest BCUT2D eigenvalue weighted by atomic mass is 35.5. The zero-order valence-electron chi connectivity index (χ0n) is 17.3. The van der Waals surface area contributed by atoms with Crippen LogP contribution < -0.4 is 5.73 Å². The first-order valence-electron chi connectivity index (χ1n) is 9.65. The molecule has 0 aliphatic carbocycles. The molecule has 2 aromatic carbocycles. The fraction of sp³-hybridized carbons (Fsp3) is 0.429. The highest BCUT2D eigenvalue weighted by molar-refractivity contribution is 7.89. The lowest BCUT2D eigenvalue weighted by atomic mass is 10.0. The van der Waals surface area contributed by atoms with Gasteiger partial charge >= 0.3 is 0 Å². The monoisotopic (exact) mass is 456 g/mol. The third-order valence-corrected chi connectivity index (χ3v) is 7.04. The predicted octanol–water partition coefficient (Wildman–Crippen LogP) is 3.43. The molecule has 0 unspecified atom stereocenters. The Labute approximate surface area is 183 Å². The average Bonchev–Trinajstić information content (AvgIpc) is 2.68. The summed E-state index contributed by atoms with van der Waals surface area (Å²) in [5.41, 5.74) is 7.56. The van der Waals surface area contributed by atoms with E-state index in [-0.39, 0.29) is 34.7 Å². The lowest BCUT2D eigenvalue weighted by molar-refractivity contribution is -0.283. The van der Waals surface area contributed by atoms with Crippen molar-refractivity contribution in [1.82, 2.24) is 4.31 Å². The van der Waals surface area contributed by atoms with E-state index >= 15 is 0 Å². The van der Waals surface area contributed by atoms with E-state index in [9.17, 15) is 18.8 Å². The Morgan fingerprint density at radius 3 is 2.37 bits per heavy atom. The van der Waals surface area contributed by atoms with Crippen molar-refractivity contribution in [1.29, 1.82) is 0 Å². The molecule has 30 heavy (non-hydrogen) atoms. The van der Waals surface area contributed by atoms with E-state index in [1.54, 1.807) is 6.92 Å². The number of phenols is 1. The number of nitrogens with zero attached hydrogens (tertiary/aromatic N) is 1. The number of benzene rings is 2. The van der Waals surface area contributed by atoms with E-state index < -0.39 is 22.2 Å². The fourth-order valence-electron chi connectivity index (χ4n) is 3.12. The third-order valence-electron chi connectivity index (χ3n) is 4.75. The van der Waals surface area contributed by atoms with Gasteiger partial charge in [0, 0.05) is 25.2 Å². The van der Waals surface area contributed by atoms with Crippen molar-refractivity contribution in [2.75, 3.05) is 13.1 Å². The molecule has 0 radical (unpaired) electrons. The molecular formula is C21H29ClN2O5S. The Kier molecular flexibility index (Phi) is 8.66. The average molecular weight is 457 g/mol. The fourth-order valence-corrected chi connectivity index (χ4v) is 5.32. The lowest BCUT2D eigenvalue weighted by Gasteiger charge is -2.30. The van der Waals surface area contributed by atoms with E-state index in [2.05, 4.69) is 4.89 Å². The van der Waals surface area contributed by atoms with Crippen LogP contribution in [0.2, 0.25) is 5.02 Å². The lowest BCUT2D eigenvalue weighted by Crippen LogP contribution is -2.48. The molecule has 0 fully saturated rings. The van der Waals surface area contributed by atoms with Gasteiger partial charge in [-0.25, -0.2) is 13.3 Å². The molecule has 2 rings (SSSR count). The van der Waals surface area contributed by atoms with Crippen molar-refractivity contribution in [2.24, 2.45) is 11.7 Å². The van der Waals surface area contributed by atoms with Gasteiger partial charge in [0.05, 0.1) is 5.02 Å². The maximum Gasteiger partial charge on any atom is 0.244 e. The summed E-state index contributed by atoms with van der Waals surface area (Å²) in [6.45, 7) is 5.38. The number of phenolic OH excluding ortho intramolecular Hbond substituents is 1. The highest BCUT2D eigenvalue weighted by Gasteiger charge is 2.32. The number of halogens is 1. The summed E-state index contributed by atoms with van der Waals surface area (Å²) in [4.78, 5) is 4.48. The third kappa shape index (κ3) is 6.16. The van der Waals surface area contributed by atoms with Crippen LogP contribution in [0.1, 0.15) is 25.0 Å². The second-order valence-corrected chi connectivity index (χ2v) is 10.1. The van der Waals surface area contributed by atoms with Gasteiger partial charge in [0.2, 0.25) is 10.0 Å². The summed E-state index contributed by atoms with van der Waals surface area (Å²) >= 11 is 6.14. The first kappa shape index (κ1) is 24.6. The van der Waals surface area contributed by atoms with Crippen molar-refractivity contribution in [3.63, 3.8) is 0 Å². The molecule has 0 spiro atoms. The maximum absolute atomic E-state index is 13.4. The predicted molar refractivity (Wildman–Crippen MR) is 117 cm³/mol. The summed E-state index contributed by atoms with van der Waals surface area (Å²) < 4.78 is 27.9. The molecule has 0 heterocycles. The molecule has 166 valence electrons. The molecule has 0 aromatic heterocycles. The molecule has 0 aliphatic rings. The molecule has 0 saturated heterocycles. The van der Waals surface area contributed by atoms with Gasteiger partial charge in [-0.3, -0.25) is 5.26 Å². The Balaban J connectivity index is 2.32. The first-order chi connectivity index (χ1) is 14.1. The molecule has 0 saturated carbocycles. The van der Waals surface area contributed by atoms with Crippen molar-refractivity contribution >= 4 is 21.6 Å².